The maximum Gasteiger partial charge on any atom is 0.303 e. The SMILES string of the molecule is CC.CCCC(=O)O.O=Cc1ccccc1. The van der Waals surface area contributed by atoms with E-state index in [1.807, 2.05) is 39.0 Å². The third-order valence-corrected chi connectivity index (χ3v) is 1.40. The van der Waals surface area contributed by atoms with E-state index in [1.165, 1.54) is 0 Å². The molecule has 0 aliphatic carbocycles. The number of aliphatic carboxylic acids is 1. The molecule has 1 N–H and O–H groups in total. The molecule has 0 saturated heterocycles. The van der Waals surface area contributed by atoms with E-state index in [2.05, 4.69) is 0 Å². The van der Waals surface area contributed by atoms with Crippen LogP contribution >= 0.6 is 0 Å². The molecule has 0 aromatic heterocycles. The van der Waals surface area contributed by atoms with E-state index >= 15 is 0 Å². The zero-order valence-corrected chi connectivity index (χ0v) is 10.1. The van der Waals surface area contributed by atoms with E-state index in [4.69, 9.17) is 5.11 Å². The summed E-state index contributed by atoms with van der Waals surface area (Å²) in [7, 11) is 0. The number of hydrogen-bond donors (Lipinski definition) is 1. The van der Waals surface area contributed by atoms with Gasteiger partial charge in [0.15, 0.2) is 0 Å². The van der Waals surface area contributed by atoms with Gasteiger partial charge in [-0.15, -0.1) is 0 Å². The summed E-state index contributed by atoms with van der Waals surface area (Å²) in [5, 5.41) is 7.91. The molecule has 0 fully saturated rings. The summed E-state index contributed by atoms with van der Waals surface area (Å²) in [6.45, 7) is 5.84. The van der Waals surface area contributed by atoms with Gasteiger partial charge in [0.25, 0.3) is 0 Å². The average Bonchev–Trinajstić information content (AvgIpc) is 2.33. The van der Waals surface area contributed by atoms with E-state index in [0.29, 0.717) is 6.42 Å². The van der Waals surface area contributed by atoms with Gasteiger partial charge in [-0.3, -0.25) is 9.59 Å². The van der Waals surface area contributed by atoms with Gasteiger partial charge in [-0.25, -0.2) is 0 Å². The number of carbonyl (C=O) groups excluding carboxylic acids is 1. The quantitative estimate of drug-likeness (QED) is 0.800. The van der Waals surface area contributed by atoms with E-state index < -0.39 is 5.97 Å². The van der Waals surface area contributed by atoms with Crippen molar-refractivity contribution in [1.82, 2.24) is 0 Å². The molecule has 0 radical (unpaired) electrons. The van der Waals surface area contributed by atoms with Crippen molar-refractivity contribution in [2.24, 2.45) is 0 Å². The molecule has 1 aromatic carbocycles. The maximum absolute atomic E-state index is 10.0. The zero-order valence-electron chi connectivity index (χ0n) is 10.1. The molecule has 0 bridgehead atoms. The van der Waals surface area contributed by atoms with Crippen LogP contribution in [0.2, 0.25) is 0 Å². The molecule has 0 atom stereocenters. The first kappa shape index (κ1) is 16.8. The van der Waals surface area contributed by atoms with Crippen molar-refractivity contribution in [2.75, 3.05) is 0 Å². The van der Waals surface area contributed by atoms with Gasteiger partial charge in [-0.2, -0.15) is 0 Å². The Balaban J connectivity index is 0. The Labute approximate surface area is 97.1 Å². The maximum atomic E-state index is 10.0. The Morgan fingerprint density at radius 2 is 1.75 bits per heavy atom. The van der Waals surface area contributed by atoms with Gasteiger partial charge in [0.1, 0.15) is 6.29 Å². The van der Waals surface area contributed by atoms with Gasteiger partial charge >= 0.3 is 5.97 Å². The summed E-state index contributed by atoms with van der Waals surface area (Å²) in [6, 6.07) is 9.10. The topological polar surface area (TPSA) is 54.4 Å². The molecular weight excluding hydrogens is 204 g/mol. The summed E-state index contributed by atoms with van der Waals surface area (Å²) >= 11 is 0. The van der Waals surface area contributed by atoms with Crippen molar-refractivity contribution in [1.29, 1.82) is 0 Å². The molecule has 0 unspecified atom stereocenters. The van der Waals surface area contributed by atoms with Gasteiger partial charge in [-0.1, -0.05) is 51.1 Å². The summed E-state index contributed by atoms with van der Waals surface area (Å²) in [5.74, 6) is -0.711. The second kappa shape index (κ2) is 13.4. The number of carboxylic acids is 1. The van der Waals surface area contributed by atoms with Crippen molar-refractivity contribution in [3.63, 3.8) is 0 Å². The Morgan fingerprint density at radius 1 is 1.25 bits per heavy atom. The summed E-state index contributed by atoms with van der Waals surface area (Å²) in [5.41, 5.74) is 0.729. The number of hydrogen-bond acceptors (Lipinski definition) is 2. The molecule has 16 heavy (non-hydrogen) atoms. The van der Waals surface area contributed by atoms with Crippen molar-refractivity contribution >= 4 is 12.3 Å². The van der Waals surface area contributed by atoms with Crippen molar-refractivity contribution in [2.45, 2.75) is 33.6 Å². The monoisotopic (exact) mass is 224 g/mol. The van der Waals surface area contributed by atoms with Crippen LogP contribution in [0.25, 0.3) is 0 Å². The Bertz CT molecular complexity index is 268. The molecule has 3 nitrogen and oxygen atoms in total. The molecule has 1 aromatic rings. The first-order chi connectivity index (χ1) is 7.70. The largest absolute Gasteiger partial charge is 0.481 e. The molecular formula is C13H20O3. The van der Waals surface area contributed by atoms with E-state index in [1.54, 1.807) is 12.1 Å². The van der Waals surface area contributed by atoms with Gasteiger partial charge < -0.3 is 5.11 Å². The smallest absolute Gasteiger partial charge is 0.303 e. The van der Waals surface area contributed by atoms with Crippen LogP contribution in [0.4, 0.5) is 0 Å². The lowest BCUT2D eigenvalue weighted by atomic mass is 10.2. The van der Waals surface area contributed by atoms with Crippen LogP contribution in [-0.4, -0.2) is 17.4 Å². The fourth-order valence-corrected chi connectivity index (χ4v) is 0.745. The molecule has 0 saturated carbocycles. The summed E-state index contributed by atoms with van der Waals surface area (Å²) in [6.07, 6.45) is 1.86. The Kier molecular flexibility index (Phi) is 14.0. The van der Waals surface area contributed by atoms with Crippen molar-refractivity contribution in [3.05, 3.63) is 35.9 Å². The molecule has 1 rings (SSSR count). The molecule has 0 spiro atoms. The standard InChI is InChI=1S/C7H6O.C4H8O2.C2H6/c8-6-7-4-2-1-3-5-7;1-2-3-4(5)6;1-2/h1-6H;2-3H2,1H3,(H,5,6);1-2H3. The normalized spacial score (nSPS) is 7.69. The third-order valence-electron chi connectivity index (χ3n) is 1.40. The fraction of sp³-hybridized carbons (Fsp3) is 0.385. The van der Waals surface area contributed by atoms with Crippen LogP contribution in [-0.2, 0) is 4.79 Å². The van der Waals surface area contributed by atoms with Crippen molar-refractivity contribution < 1.29 is 14.7 Å². The highest BCUT2D eigenvalue weighted by Gasteiger charge is 1.87. The van der Waals surface area contributed by atoms with E-state index in [0.717, 1.165) is 18.3 Å². The lowest BCUT2D eigenvalue weighted by Crippen LogP contribution is -1.90. The number of carbonyl (C=O) groups is 2. The summed E-state index contributed by atoms with van der Waals surface area (Å²) in [4.78, 5) is 19.6. The van der Waals surface area contributed by atoms with Crippen LogP contribution in [0.5, 0.6) is 0 Å². The first-order valence-electron chi connectivity index (χ1n) is 5.42. The highest BCUT2D eigenvalue weighted by Crippen LogP contribution is 1.91. The molecule has 0 aliphatic heterocycles. The van der Waals surface area contributed by atoms with Crippen LogP contribution < -0.4 is 0 Å². The highest BCUT2D eigenvalue weighted by atomic mass is 16.4. The Hall–Kier alpha value is -1.64. The average molecular weight is 224 g/mol. The number of carboxylic acid groups (broad SMARTS) is 1. The van der Waals surface area contributed by atoms with Crippen LogP contribution in [0.15, 0.2) is 30.3 Å². The number of benzene rings is 1. The van der Waals surface area contributed by atoms with Crippen LogP contribution in [0, 0.1) is 0 Å². The first-order valence-corrected chi connectivity index (χ1v) is 5.42. The van der Waals surface area contributed by atoms with Crippen LogP contribution in [0.1, 0.15) is 44.0 Å². The minimum atomic E-state index is -0.711. The van der Waals surface area contributed by atoms with E-state index in [-0.39, 0.29) is 0 Å². The highest BCUT2D eigenvalue weighted by molar-refractivity contribution is 5.74. The second-order valence-electron chi connectivity index (χ2n) is 2.67. The molecule has 0 heterocycles. The van der Waals surface area contributed by atoms with Gasteiger partial charge in [0.2, 0.25) is 0 Å². The zero-order chi connectivity index (χ0) is 12.8. The third kappa shape index (κ3) is 12.4. The number of aldehydes is 1. The fourth-order valence-electron chi connectivity index (χ4n) is 0.745. The minimum Gasteiger partial charge on any atom is -0.481 e. The second-order valence-corrected chi connectivity index (χ2v) is 2.67. The van der Waals surface area contributed by atoms with Crippen molar-refractivity contribution in [3.8, 4) is 0 Å². The molecule has 90 valence electrons. The molecule has 0 amide bonds. The van der Waals surface area contributed by atoms with Gasteiger partial charge in [0, 0.05) is 12.0 Å². The lowest BCUT2D eigenvalue weighted by Gasteiger charge is -1.81. The Morgan fingerprint density at radius 3 is 1.94 bits per heavy atom. The molecule has 3 heteroatoms. The van der Waals surface area contributed by atoms with Gasteiger partial charge in [0.05, 0.1) is 0 Å². The minimum absolute atomic E-state index is 0.292. The molecule has 0 aliphatic rings. The summed E-state index contributed by atoms with van der Waals surface area (Å²) < 4.78 is 0. The number of rotatable bonds is 3. The van der Waals surface area contributed by atoms with E-state index in [9.17, 15) is 9.59 Å². The van der Waals surface area contributed by atoms with Crippen LogP contribution in [0.3, 0.4) is 0 Å². The lowest BCUT2D eigenvalue weighted by molar-refractivity contribution is -0.137. The predicted molar refractivity (Wildman–Crippen MR) is 65.7 cm³/mol. The predicted octanol–water partition coefficient (Wildman–Crippen LogP) is 3.40. The van der Waals surface area contributed by atoms with Gasteiger partial charge in [-0.05, 0) is 6.42 Å².